The number of H-pyrrole nitrogens is 1. The first-order valence-electron chi connectivity index (χ1n) is 7.73. The number of aromatic nitrogens is 6. The summed E-state index contributed by atoms with van der Waals surface area (Å²) in [4.78, 5) is 0. The first-order valence-corrected chi connectivity index (χ1v) is 7.73. The topological polar surface area (TPSA) is 83.8 Å². The Kier molecular flexibility index (Phi) is 3.45. The minimum atomic E-state index is 0.618. The Morgan fingerprint density at radius 1 is 1.17 bits per heavy atom. The lowest BCUT2D eigenvalue weighted by molar-refractivity contribution is 0.879. The highest BCUT2D eigenvalue weighted by Crippen LogP contribution is 2.23. The van der Waals surface area contributed by atoms with Gasteiger partial charge in [-0.1, -0.05) is 30.3 Å². The molecule has 3 aromatic heterocycles. The number of benzene rings is 1. The summed E-state index contributed by atoms with van der Waals surface area (Å²) in [6.45, 7) is 4.62. The Balaban J connectivity index is 1.59. The summed E-state index contributed by atoms with van der Waals surface area (Å²) in [5.74, 6) is 0. The lowest BCUT2D eigenvalue weighted by atomic mass is 10.1. The number of hydrogen-bond donors (Lipinski definition) is 2. The van der Waals surface area contributed by atoms with Gasteiger partial charge in [0.2, 0.25) is 5.65 Å². The number of aromatic amines is 1. The number of aryl methyl sites for hydroxylation is 1. The number of fused-ring (bicyclic) bond motifs is 1. The maximum Gasteiger partial charge on any atom is 0.200 e. The van der Waals surface area contributed by atoms with Crippen molar-refractivity contribution < 1.29 is 0 Å². The van der Waals surface area contributed by atoms with Gasteiger partial charge in [0.25, 0.3) is 0 Å². The number of nitrogens with zero attached hydrogens (tertiary/aromatic N) is 5. The van der Waals surface area contributed by atoms with Crippen LogP contribution in [0.5, 0.6) is 0 Å². The molecule has 7 nitrogen and oxygen atoms in total. The van der Waals surface area contributed by atoms with Crippen LogP contribution in [0.4, 0.5) is 5.69 Å². The predicted molar refractivity (Wildman–Crippen MR) is 91.6 cm³/mol. The smallest absolute Gasteiger partial charge is 0.200 e. The minimum Gasteiger partial charge on any atom is -0.376 e. The van der Waals surface area contributed by atoms with Crippen molar-refractivity contribution in [2.24, 2.45) is 0 Å². The highest BCUT2D eigenvalue weighted by Gasteiger charge is 2.12. The van der Waals surface area contributed by atoms with Crippen LogP contribution in [0.1, 0.15) is 17.0 Å². The molecule has 0 fully saturated rings. The molecule has 0 radical (unpaired) electrons. The molecule has 0 aliphatic carbocycles. The second kappa shape index (κ2) is 5.77. The SMILES string of the molecule is Cc1nn2cnnc2c(NCc2cc(-c3ccccc3)n[nH]2)c1C. The van der Waals surface area contributed by atoms with Gasteiger partial charge in [-0.15, -0.1) is 10.2 Å². The van der Waals surface area contributed by atoms with Crippen LogP contribution in [-0.4, -0.2) is 30.0 Å². The van der Waals surface area contributed by atoms with Gasteiger partial charge in [-0.25, -0.2) is 0 Å². The second-order valence-electron chi connectivity index (χ2n) is 5.68. The van der Waals surface area contributed by atoms with Gasteiger partial charge in [0.15, 0.2) is 0 Å². The second-order valence-corrected chi connectivity index (χ2v) is 5.68. The van der Waals surface area contributed by atoms with Crippen molar-refractivity contribution >= 4 is 11.3 Å². The van der Waals surface area contributed by atoms with Gasteiger partial charge in [0.05, 0.1) is 29.3 Å². The molecule has 24 heavy (non-hydrogen) atoms. The molecule has 4 aromatic rings. The Morgan fingerprint density at radius 3 is 2.83 bits per heavy atom. The van der Waals surface area contributed by atoms with E-state index in [1.807, 2.05) is 50.2 Å². The third-order valence-electron chi connectivity index (χ3n) is 4.09. The summed E-state index contributed by atoms with van der Waals surface area (Å²) in [5, 5.41) is 23.4. The monoisotopic (exact) mass is 319 g/mol. The molecule has 0 spiro atoms. The van der Waals surface area contributed by atoms with Crippen molar-refractivity contribution in [3.63, 3.8) is 0 Å². The summed E-state index contributed by atoms with van der Waals surface area (Å²) in [6.07, 6.45) is 1.61. The third-order valence-corrected chi connectivity index (χ3v) is 4.09. The van der Waals surface area contributed by atoms with Crippen LogP contribution in [0.2, 0.25) is 0 Å². The largest absolute Gasteiger partial charge is 0.376 e. The highest BCUT2D eigenvalue weighted by molar-refractivity contribution is 5.71. The highest BCUT2D eigenvalue weighted by atomic mass is 15.3. The van der Waals surface area contributed by atoms with E-state index in [1.165, 1.54) is 0 Å². The van der Waals surface area contributed by atoms with Crippen LogP contribution in [0, 0.1) is 13.8 Å². The van der Waals surface area contributed by atoms with Crippen molar-refractivity contribution in [1.82, 2.24) is 30.0 Å². The molecule has 0 unspecified atom stereocenters. The number of hydrogen-bond acceptors (Lipinski definition) is 5. The molecule has 4 rings (SSSR count). The fraction of sp³-hybridized carbons (Fsp3) is 0.176. The summed E-state index contributed by atoms with van der Waals surface area (Å²) in [5.41, 5.74) is 6.70. The minimum absolute atomic E-state index is 0.618. The van der Waals surface area contributed by atoms with Gasteiger partial charge < -0.3 is 5.32 Å². The molecule has 0 saturated carbocycles. The van der Waals surface area contributed by atoms with Crippen LogP contribution in [0.25, 0.3) is 16.9 Å². The average molecular weight is 319 g/mol. The molecular weight excluding hydrogens is 302 g/mol. The van der Waals surface area contributed by atoms with Crippen LogP contribution in [0.15, 0.2) is 42.7 Å². The summed E-state index contributed by atoms with van der Waals surface area (Å²) in [7, 11) is 0. The maximum absolute atomic E-state index is 4.43. The van der Waals surface area contributed by atoms with E-state index in [-0.39, 0.29) is 0 Å². The molecule has 120 valence electrons. The Hall–Kier alpha value is -3.22. The fourth-order valence-corrected chi connectivity index (χ4v) is 2.66. The van der Waals surface area contributed by atoms with Gasteiger partial charge in [0.1, 0.15) is 6.33 Å². The zero-order chi connectivity index (χ0) is 16.5. The molecule has 0 aliphatic rings. The summed E-state index contributed by atoms with van der Waals surface area (Å²) < 4.78 is 1.69. The standard InChI is InChI=1S/C17H17N7/c1-11-12(2)23-24-10-19-22-17(24)16(11)18-9-14-8-15(21-20-14)13-6-4-3-5-7-13/h3-8,10,18H,9H2,1-2H3,(H,20,21). The van der Waals surface area contributed by atoms with Crippen molar-refractivity contribution in [3.8, 4) is 11.3 Å². The van der Waals surface area contributed by atoms with E-state index in [0.29, 0.717) is 6.54 Å². The van der Waals surface area contributed by atoms with Crippen molar-refractivity contribution in [2.45, 2.75) is 20.4 Å². The molecule has 0 amide bonds. The lowest BCUT2D eigenvalue weighted by Crippen LogP contribution is -2.07. The first kappa shape index (κ1) is 14.4. The molecule has 1 aromatic carbocycles. The molecule has 7 heteroatoms. The van der Waals surface area contributed by atoms with E-state index in [4.69, 9.17) is 0 Å². The lowest BCUT2D eigenvalue weighted by Gasteiger charge is -2.11. The summed E-state index contributed by atoms with van der Waals surface area (Å²) >= 11 is 0. The van der Waals surface area contributed by atoms with Gasteiger partial charge in [0, 0.05) is 5.56 Å². The molecular formula is C17H17N7. The van der Waals surface area contributed by atoms with E-state index >= 15 is 0 Å². The Bertz CT molecular complexity index is 985. The zero-order valence-electron chi connectivity index (χ0n) is 13.5. The first-order chi connectivity index (χ1) is 11.7. The third kappa shape index (κ3) is 2.50. The Labute approximate surface area is 138 Å². The number of rotatable bonds is 4. The van der Waals surface area contributed by atoms with Crippen LogP contribution in [0.3, 0.4) is 0 Å². The van der Waals surface area contributed by atoms with Gasteiger partial charge >= 0.3 is 0 Å². The van der Waals surface area contributed by atoms with Crippen LogP contribution < -0.4 is 5.32 Å². The molecule has 3 heterocycles. The number of nitrogens with one attached hydrogen (secondary N) is 2. The van der Waals surface area contributed by atoms with Gasteiger partial charge in [-0.3, -0.25) is 5.10 Å². The van der Waals surface area contributed by atoms with E-state index in [0.717, 1.165) is 39.5 Å². The normalized spacial score (nSPS) is 11.1. The quantitative estimate of drug-likeness (QED) is 0.604. The van der Waals surface area contributed by atoms with E-state index < -0.39 is 0 Å². The van der Waals surface area contributed by atoms with Crippen molar-refractivity contribution in [1.29, 1.82) is 0 Å². The average Bonchev–Trinajstić information content (AvgIpc) is 3.25. The van der Waals surface area contributed by atoms with Gasteiger partial charge in [-0.2, -0.15) is 14.7 Å². The number of anilines is 1. The molecule has 0 aliphatic heterocycles. The maximum atomic E-state index is 4.43. The van der Waals surface area contributed by atoms with E-state index in [2.05, 4.69) is 30.8 Å². The Morgan fingerprint density at radius 2 is 2.00 bits per heavy atom. The molecule has 2 N–H and O–H groups in total. The van der Waals surface area contributed by atoms with Crippen LogP contribution >= 0.6 is 0 Å². The summed E-state index contributed by atoms with van der Waals surface area (Å²) in [6, 6.07) is 12.1. The van der Waals surface area contributed by atoms with Gasteiger partial charge in [-0.05, 0) is 25.5 Å². The molecule has 0 saturated heterocycles. The molecule has 0 bridgehead atoms. The van der Waals surface area contributed by atoms with E-state index in [1.54, 1.807) is 10.8 Å². The zero-order valence-corrected chi connectivity index (χ0v) is 13.5. The fourth-order valence-electron chi connectivity index (χ4n) is 2.66. The molecule has 0 atom stereocenters. The van der Waals surface area contributed by atoms with Crippen molar-refractivity contribution in [2.75, 3.05) is 5.32 Å². The van der Waals surface area contributed by atoms with Crippen molar-refractivity contribution in [3.05, 3.63) is 59.7 Å². The van der Waals surface area contributed by atoms with E-state index in [9.17, 15) is 0 Å². The van der Waals surface area contributed by atoms with Crippen LogP contribution in [-0.2, 0) is 6.54 Å². The predicted octanol–water partition coefficient (Wildman–Crippen LogP) is 2.74.